The highest BCUT2D eigenvalue weighted by molar-refractivity contribution is 7.89. The molecule has 1 aromatic carbocycles. The maximum atomic E-state index is 11.9. The molecule has 0 amide bonds. The molecular formula is C13H20N2O3S. The van der Waals surface area contributed by atoms with Gasteiger partial charge in [-0.3, -0.25) is 0 Å². The van der Waals surface area contributed by atoms with E-state index in [0.717, 1.165) is 12.5 Å². The van der Waals surface area contributed by atoms with E-state index in [2.05, 4.69) is 4.72 Å². The molecule has 1 aromatic rings. The van der Waals surface area contributed by atoms with Crippen LogP contribution in [-0.4, -0.2) is 28.2 Å². The SMILES string of the molecule is Nc1cccc(S(=O)(=O)NCCCOCC2CC2)c1. The van der Waals surface area contributed by atoms with Gasteiger partial charge in [-0.05, 0) is 43.4 Å². The summed E-state index contributed by atoms with van der Waals surface area (Å²) in [5, 5.41) is 0. The first-order chi connectivity index (χ1) is 9.08. The van der Waals surface area contributed by atoms with E-state index in [9.17, 15) is 8.42 Å². The van der Waals surface area contributed by atoms with Gasteiger partial charge in [0.1, 0.15) is 0 Å². The molecule has 106 valence electrons. The van der Waals surface area contributed by atoms with Crippen molar-refractivity contribution in [1.29, 1.82) is 0 Å². The number of ether oxygens (including phenoxy) is 1. The first-order valence-electron chi connectivity index (χ1n) is 6.51. The fourth-order valence-corrected chi connectivity index (χ4v) is 2.81. The number of rotatable bonds is 8. The summed E-state index contributed by atoms with van der Waals surface area (Å²) in [6.07, 6.45) is 3.21. The van der Waals surface area contributed by atoms with Gasteiger partial charge in [0.2, 0.25) is 10.0 Å². The lowest BCUT2D eigenvalue weighted by Crippen LogP contribution is -2.25. The van der Waals surface area contributed by atoms with E-state index in [0.29, 0.717) is 25.3 Å². The molecule has 2 rings (SSSR count). The van der Waals surface area contributed by atoms with Crippen molar-refractivity contribution in [3.05, 3.63) is 24.3 Å². The van der Waals surface area contributed by atoms with Gasteiger partial charge in [0, 0.05) is 25.4 Å². The number of nitrogen functional groups attached to an aromatic ring is 1. The third-order valence-corrected chi connectivity index (χ3v) is 4.44. The normalized spacial score (nSPS) is 15.6. The number of nitrogens with one attached hydrogen (secondary N) is 1. The van der Waals surface area contributed by atoms with Crippen molar-refractivity contribution in [3.63, 3.8) is 0 Å². The molecule has 1 saturated carbocycles. The molecule has 0 unspecified atom stereocenters. The lowest BCUT2D eigenvalue weighted by atomic mass is 10.3. The maximum absolute atomic E-state index is 11.9. The molecule has 19 heavy (non-hydrogen) atoms. The highest BCUT2D eigenvalue weighted by atomic mass is 32.2. The second-order valence-electron chi connectivity index (χ2n) is 4.84. The molecule has 0 aromatic heterocycles. The van der Waals surface area contributed by atoms with Crippen LogP contribution in [0.5, 0.6) is 0 Å². The Balaban J connectivity index is 1.71. The first-order valence-corrected chi connectivity index (χ1v) is 7.99. The minimum atomic E-state index is -3.46. The zero-order valence-corrected chi connectivity index (χ0v) is 11.7. The van der Waals surface area contributed by atoms with Crippen LogP contribution in [0.3, 0.4) is 0 Å². The minimum absolute atomic E-state index is 0.200. The van der Waals surface area contributed by atoms with Gasteiger partial charge in [0.05, 0.1) is 4.90 Å². The molecule has 0 radical (unpaired) electrons. The van der Waals surface area contributed by atoms with Crippen molar-refractivity contribution in [2.45, 2.75) is 24.2 Å². The topological polar surface area (TPSA) is 81.4 Å². The fourth-order valence-electron chi connectivity index (χ4n) is 1.68. The molecule has 6 heteroatoms. The Morgan fingerprint density at radius 1 is 1.37 bits per heavy atom. The van der Waals surface area contributed by atoms with Crippen molar-refractivity contribution >= 4 is 15.7 Å². The molecule has 5 nitrogen and oxygen atoms in total. The summed E-state index contributed by atoms with van der Waals surface area (Å²) in [6.45, 7) is 1.78. The lowest BCUT2D eigenvalue weighted by Gasteiger charge is -2.07. The van der Waals surface area contributed by atoms with E-state index < -0.39 is 10.0 Å². The predicted molar refractivity (Wildman–Crippen MR) is 74.2 cm³/mol. The van der Waals surface area contributed by atoms with E-state index >= 15 is 0 Å². The summed E-state index contributed by atoms with van der Waals surface area (Å²) >= 11 is 0. The standard InChI is InChI=1S/C13H20N2O3S/c14-12-3-1-4-13(9-12)19(16,17)15-7-2-8-18-10-11-5-6-11/h1,3-4,9,11,15H,2,5-8,10,14H2. The summed E-state index contributed by atoms with van der Waals surface area (Å²) in [5.74, 6) is 0.740. The van der Waals surface area contributed by atoms with Gasteiger partial charge in [0.25, 0.3) is 0 Å². The Morgan fingerprint density at radius 3 is 2.84 bits per heavy atom. The molecule has 1 aliphatic carbocycles. The smallest absolute Gasteiger partial charge is 0.240 e. The fraction of sp³-hybridized carbons (Fsp3) is 0.538. The van der Waals surface area contributed by atoms with Gasteiger partial charge in [0.15, 0.2) is 0 Å². The van der Waals surface area contributed by atoms with Crippen LogP contribution >= 0.6 is 0 Å². The van der Waals surface area contributed by atoms with E-state index in [1.165, 1.54) is 25.0 Å². The molecule has 0 saturated heterocycles. The average Bonchev–Trinajstić information content (AvgIpc) is 3.17. The molecular weight excluding hydrogens is 264 g/mol. The maximum Gasteiger partial charge on any atom is 0.240 e. The Labute approximate surface area is 114 Å². The molecule has 0 bridgehead atoms. The van der Waals surface area contributed by atoms with Crippen molar-refractivity contribution in [2.75, 3.05) is 25.5 Å². The first kappa shape index (κ1) is 14.3. The zero-order valence-electron chi connectivity index (χ0n) is 10.8. The Morgan fingerprint density at radius 2 is 2.16 bits per heavy atom. The number of hydrogen-bond donors (Lipinski definition) is 2. The van der Waals surface area contributed by atoms with E-state index in [4.69, 9.17) is 10.5 Å². The summed E-state index contributed by atoms with van der Waals surface area (Å²) in [7, 11) is -3.46. The molecule has 0 atom stereocenters. The van der Waals surface area contributed by atoms with Gasteiger partial charge in [-0.2, -0.15) is 0 Å². The monoisotopic (exact) mass is 284 g/mol. The van der Waals surface area contributed by atoms with Crippen molar-refractivity contribution in [1.82, 2.24) is 4.72 Å². The van der Waals surface area contributed by atoms with Crippen molar-refractivity contribution in [2.24, 2.45) is 5.92 Å². The van der Waals surface area contributed by atoms with Crippen LogP contribution in [0, 0.1) is 5.92 Å². The van der Waals surface area contributed by atoms with Gasteiger partial charge < -0.3 is 10.5 Å². The molecule has 0 aliphatic heterocycles. The summed E-state index contributed by atoms with van der Waals surface area (Å²) in [6, 6.07) is 6.27. The second kappa shape index (κ2) is 6.36. The summed E-state index contributed by atoms with van der Waals surface area (Å²) < 4.78 is 31.8. The minimum Gasteiger partial charge on any atom is -0.399 e. The van der Waals surface area contributed by atoms with Crippen LogP contribution in [0.15, 0.2) is 29.2 Å². The largest absolute Gasteiger partial charge is 0.399 e. The van der Waals surface area contributed by atoms with Crippen LogP contribution in [0.4, 0.5) is 5.69 Å². The van der Waals surface area contributed by atoms with Crippen molar-refractivity contribution in [3.8, 4) is 0 Å². The Hall–Kier alpha value is -1.11. The highest BCUT2D eigenvalue weighted by Gasteiger charge is 2.20. The Bertz CT molecular complexity index is 512. The van der Waals surface area contributed by atoms with Crippen LogP contribution < -0.4 is 10.5 Å². The molecule has 3 N–H and O–H groups in total. The van der Waals surface area contributed by atoms with E-state index in [-0.39, 0.29) is 4.90 Å². The summed E-state index contributed by atoms with van der Waals surface area (Å²) in [4.78, 5) is 0.200. The van der Waals surface area contributed by atoms with Gasteiger partial charge >= 0.3 is 0 Å². The van der Waals surface area contributed by atoms with E-state index in [1.54, 1.807) is 12.1 Å². The number of anilines is 1. The van der Waals surface area contributed by atoms with Crippen LogP contribution in [0.2, 0.25) is 0 Å². The van der Waals surface area contributed by atoms with Crippen LogP contribution in [-0.2, 0) is 14.8 Å². The number of hydrogen-bond acceptors (Lipinski definition) is 4. The molecule has 0 heterocycles. The molecule has 1 aliphatic rings. The Kier molecular flexibility index (Phi) is 4.79. The van der Waals surface area contributed by atoms with Crippen molar-refractivity contribution < 1.29 is 13.2 Å². The lowest BCUT2D eigenvalue weighted by molar-refractivity contribution is 0.123. The second-order valence-corrected chi connectivity index (χ2v) is 6.61. The summed E-state index contributed by atoms with van der Waals surface area (Å²) in [5.41, 5.74) is 6.01. The number of benzene rings is 1. The molecule has 0 spiro atoms. The quantitative estimate of drug-likeness (QED) is 0.558. The van der Waals surface area contributed by atoms with Gasteiger partial charge in [-0.25, -0.2) is 13.1 Å². The number of sulfonamides is 1. The third kappa shape index (κ3) is 4.81. The van der Waals surface area contributed by atoms with Gasteiger partial charge in [-0.1, -0.05) is 6.07 Å². The van der Waals surface area contributed by atoms with Gasteiger partial charge in [-0.15, -0.1) is 0 Å². The number of nitrogens with two attached hydrogens (primary N) is 1. The highest BCUT2D eigenvalue weighted by Crippen LogP contribution is 2.28. The molecule has 1 fully saturated rings. The van der Waals surface area contributed by atoms with Crippen LogP contribution in [0.25, 0.3) is 0 Å². The third-order valence-electron chi connectivity index (χ3n) is 2.98. The average molecular weight is 284 g/mol. The zero-order chi connectivity index (χ0) is 13.7. The predicted octanol–water partition coefficient (Wildman–Crippen LogP) is 1.36. The van der Waals surface area contributed by atoms with E-state index in [1.807, 2.05) is 0 Å². The van der Waals surface area contributed by atoms with Crippen LogP contribution in [0.1, 0.15) is 19.3 Å².